The van der Waals surface area contributed by atoms with Crippen LogP contribution in [0.5, 0.6) is 0 Å². The van der Waals surface area contributed by atoms with Crippen molar-refractivity contribution in [2.24, 2.45) is 17.3 Å². The van der Waals surface area contributed by atoms with E-state index in [1.165, 1.54) is 11.1 Å². The molecule has 1 aromatic heterocycles. The minimum Gasteiger partial charge on any atom is -0.469 e. The average Bonchev–Trinajstić information content (AvgIpc) is 2.94. The summed E-state index contributed by atoms with van der Waals surface area (Å²) >= 11 is 6.90. The van der Waals surface area contributed by atoms with Crippen LogP contribution in [0.2, 0.25) is 0 Å². The predicted octanol–water partition coefficient (Wildman–Crippen LogP) is 6.60. The van der Waals surface area contributed by atoms with E-state index in [0.29, 0.717) is 5.92 Å². The highest BCUT2D eigenvalue weighted by molar-refractivity contribution is 9.28. The Morgan fingerprint density at radius 3 is 2.56 bits per heavy atom. The van der Waals surface area contributed by atoms with E-state index < -0.39 is 0 Å². The van der Waals surface area contributed by atoms with E-state index in [9.17, 15) is 4.79 Å². The lowest BCUT2D eigenvalue weighted by atomic mass is 10.0. The molecule has 1 aliphatic carbocycles. The minimum absolute atomic E-state index is 0.0251. The second kappa shape index (κ2) is 8.36. The number of furan rings is 1. The third kappa shape index (κ3) is 4.94. The molecule has 0 N–H and O–H groups in total. The number of carbonyl (C=O) groups is 1. The van der Waals surface area contributed by atoms with Gasteiger partial charge in [0.25, 0.3) is 0 Å². The highest BCUT2D eigenvalue weighted by atomic mass is 79.9. The Morgan fingerprint density at radius 2 is 1.89 bits per heavy atom. The topological polar surface area (TPSA) is 39.4 Å². The van der Waals surface area contributed by atoms with Gasteiger partial charge in [0.15, 0.2) is 0 Å². The Balaban J connectivity index is 1.53. The highest BCUT2D eigenvalue weighted by Gasteiger charge is 2.62. The number of ether oxygens (including phenoxy) is 1. The van der Waals surface area contributed by atoms with Crippen molar-refractivity contribution in [3.05, 3.63) is 68.5 Å². The predicted molar refractivity (Wildman–Crippen MR) is 114 cm³/mol. The minimum atomic E-state index is -0.116. The number of hydrogen-bond donors (Lipinski definition) is 0. The van der Waals surface area contributed by atoms with E-state index in [2.05, 4.69) is 64.8 Å². The van der Waals surface area contributed by atoms with E-state index in [1.54, 1.807) is 6.26 Å². The van der Waals surface area contributed by atoms with Crippen LogP contribution in [0.15, 0.2) is 56.0 Å². The molecule has 1 aromatic carbocycles. The molecule has 144 valence electrons. The first-order chi connectivity index (χ1) is 12.8. The summed E-state index contributed by atoms with van der Waals surface area (Å²) in [4.78, 5) is 12.6. The first kappa shape index (κ1) is 20.4. The molecule has 2 atom stereocenters. The summed E-state index contributed by atoms with van der Waals surface area (Å²) in [5.74, 6) is 1.02. The Hall–Kier alpha value is -1.33. The van der Waals surface area contributed by atoms with Gasteiger partial charge in [-0.15, -0.1) is 0 Å². The van der Waals surface area contributed by atoms with Gasteiger partial charge in [-0.25, -0.2) is 0 Å². The molecule has 3 nitrogen and oxygen atoms in total. The van der Waals surface area contributed by atoms with Gasteiger partial charge in [-0.2, -0.15) is 0 Å². The van der Waals surface area contributed by atoms with Crippen LogP contribution in [0, 0.1) is 17.3 Å². The Kier molecular flexibility index (Phi) is 6.32. The van der Waals surface area contributed by atoms with Gasteiger partial charge in [0.2, 0.25) is 0 Å². The van der Waals surface area contributed by atoms with Crippen molar-refractivity contribution < 1.29 is 13.9 Å². The number of hydrogen-bond acceptors (Lipinski definition) is 3. The van der Waals surface area contributed by atoms with Gasteiger partial charge in [0.05, 0.1) is 15.6 Å². The zero-order valence-electron chi connectivity index (χ0n) is 15.8. The van der Waals surface area contributed by atoms with Crippen LogP contribution >= 0.6 is 31.9 Å². The van der Waals surface area contributed by atoms with Gasteiger partial charge < -0.3 is 9.15 Å². The molecular weight excluding hydrogens is 472 g/mol. The lowest BCUT2D eigenvalue weighted by Gasteiger charge is -2.04. The molecule has 0 saturated heterocycles. The van der Waals surface area contributed by atoms with Crippen LogP contribution in [0.1, 0.15) is 44.1 Å². The molecule has 27 heavy (non-hydrogen) atoms. The monoisotopic (exact) mass is 494 g/mol. The van der Waals surface area contributed by atoms with Gasteiger partial charge in [0.1, 0.15) is 12.4 Å². The largest absolute Gasteiger partial charge is 0.469 e. The number of halogens is 2. The van der Waals surface area contributed by atoms with E-state index in [4.69, 9.17) is 9.15 Å². The SMILES string of the molecule is CC(CC1C(C(=O)OCc2coc(Cc3ccccc3)c2)C1(C)C)=C(Br)Br. The quantitative estimate of drug-likeness (QED) is 0.406. The van der Waals surface area contributed by atoms with Crippen molar-refractivity contribution in [1.29, 1.82) is 0 Å². The zero-order chi connectivity index (χ0) is 19.6. The van der Waals surface area contributed by atoms with Crippen LogP contribution in [0.4, 0.5) is 0 Å². The maximum atomic E-state index is 12.6. The van der Waals surface area contributed by atoms with Crippen molar-refractivity contribution in [2.45, 2.75) is 40.2 Å². The standard InChI is InChI=1S/C22H24Br2O3/c1-14(20(23)24)9-18-19(22(18,2)3)21(25)27-13-16-11-17(26-12-16)10-15-7-5-4-6-8-15/h4-8,11-12,18-19H,9-10,13H2,1-3H3. The van der Waals surface area contributed by atoms with Gasteiger partial charge in [-0.3, -0.25) is 4.79 Å². The third-order valence-electron chi connectivity index (χ3n) is 5.46. The van der Waals surface area contributed by atoms with Gasteiger partial charge in [0, 0.05) is 12.0 Å². The lowest BCUT2D eigenvalue weighted by molar-refractivity contribution is -0.147. The fourth-order valence-electron chi connectivity index (χ4n) is 3.64. The molecule has 0 amide bonds. The van der Waals surface area contributed by atoms with Crippen molar-refractivity contribution >= 4 is 37.8 Å². The molecule has 1 aliphatic rings. The van der Waals surface area contributed by atoms with Crippen LogP contribution < -0.4 is 0 Å². The highest BCUT2D eigenvalue weighted by Crippen LogP contribution is 2.61. The summed E-state index contributed by atoms with van der Waals surface area (Å²) in [6.45, 7) is 6.59. The maximum Gasteiger partial charge on any atom is 0.310 e. The van der Waals surface area contributed by atoms with Crippen LogP contribution in [0.25, 0.3) is 0 Å². The van der Waals surface area contributed by atoms with Crippen molar-refractivity contribution in [1.82, 2.24) is 0 Å². The van der Waals surface area contributed by atoms with E-state index in [1.807, 2.05) is 24.3 Å². The fraction of sp³-hybridized carbons (Fsp3) is 0.409. The summed E-state index contributed by atoms with van der Waals surface area (Å²) in [6, 6.07) is 12.1. The third-order valence-corrected chi connectivity index (χ3v) is 6.82. The van der Waals surface area contributed by atoms with Crippen molar-refractivity contribution in [3.8, 4) is 0 Å². The number of allylic oxidation sites excluding steroid dienone is 1. The van der Waals surface area contributed by atoms with Crippen molar-refractivity contribution in [3.63, 3.8) is 0 Å². The van der Waals surface area contributed by atoms with Gasteiger partial charge >= 0.3 is 5.97 Å². The van der Waals surface area contributed by atoms with Crippen LogP contribution in [-0.4, -0.2) is 5.97 Å². The molecule has 3 rings (SSSR count). The molecule has 2 aromatic rings. The Labute approximate surface area is 177 Å². The second-order valence-corrected chi connectivity index (χ2v) is 10.5. The molecule has 1 fully saturated rings. The number of carbonyl (C=O) groups excluding carboxylic acids is 1. The van der Waals surface area contributed by atoms with E-state index in [0.717, 1.165) is 27.6 Å². The smallest absolute Gasteiger partial charge is 0.310 e. The fourth-order valence-corrected chi connectivity index (χ4v) is 3.96. The lowest BCUT2D eigenvalue weighted by Crippen LogP contribution is -2.10. The molecule has 5 heteroatoms. The van der Waals surface area contributed by atoms with E-state index >= 15 is 0 Å². The molecule has 0 spiro atoms. The van der Waals surface area contributed by atoms with Crippen LogP contribution in [-0.2, 0) is 22.6 Å². The Morgan fingerprint density at radius 1 is 1.19 bits per heavy atom. The average molecular weight is 496 g/mol. The molecule has 1 heterocycles. The maximum absolute atomic E-state index is 12.6. The first-order valence-corrected chi connectivity index (χ1v) is 10.6. The summed E-state index contributed by atoms with van der Waals surface area (Å²) < 4.78 is 12.2. The summed E-state index contributed by atoms with van der Waals surface area (Å²) in [6.07, 6.45) is 3.29. The van der Waals surface area contributed by atoms with Crippen molar-refractivity contribution in [2.75, 3.05) is 0 Å². The van der Waals surface area contributed by atoms with Gasteiger partial charge in [-0.05, 0) is 68.2 Å². The van der Waals surface area contributed by atoms with Crippen LogP contribution in [0.3, 0.4) is 0 Å². The molecular formula is C22H24Br2O3. The number of esters is 1. The van der Waals surface area contributed by atoms with E-state index in [-0.39, 0.29) is 23.9 Å². The molecule has 2 unspecified atom stereocenters. The first-order valence-electron chi connectivity index (χ1n) is 9.06. The summed E-state index contributed by atoms with van der Waals surface area (Å²) in [5, 5.41) is 0. The normalized spacial score (nSPS) is 20.2. The zero-order valence-corrected chi connectivity index (χ0v) is 19.0. The second-order valence-electron chi connectivity index (χ2n) is 7.84. The molecule has 0 aliphatic heterocycles. The summed E-state index contributed by atoms with van der Waals surface area (Å²) in [7, 11) is 0. The Bertz CT molecular complexity index is 832. The molecule has 0 bridgehead atoms. The van der Waals surface area contributed by atoms with Gasteiger partial charge in [-0.1, -0.05) is 49.8 Å². The summed E-state index contributed by atoms with van der Waals surface area (Å²) in [5.41, 5.74) is 3.27. The molecule has 0 radical (unpaired) electrons. The number of benzene rings is 1. The molecule has 1 saturated carbocycles. The number of rotatable bonds is 7.